The van der Waals surface area contributed by atoms with Crippen molar-refractivity contribution in [2.75, 3.05) is 38.2 Å². The molecule has 0 aliphatic carbocycles. The fourth-order valence-corrected chi connectivity index (χ4v) is 3.43. The van der Waals surface area contributed by atoms with Crippen molar-refractivity contribution in [1.29, 1.82) is 0 Å². The number of hydrogen-bond donors (Lipinski definition) is 0. The van der Waals surface area contributed by atoms with E-state index in [1.165, 1.54) is 11.0 Å². The lowest BCUT2D eigenvalue weighted by Crippen LogP contribution is -2.50. The number of carbonyl (C=O) groups excluding carboxylic acids is 2. The van der Waals surface area contributed by atoms with Crippen molar-refractivity contribution < 1.29 is 24.2 Å². The first-order valence-electron chi connectivity index (χ1n) is 9.46. The molecule has 2 heterocycles. The molecule has 0 N–H and O–H groups in total. The van der Waals surface area contributed by atoms with Crippen molar-refractivity contribution in [3.05, 3.63) is 72.7 Å². The quantitative estimate of drug-likeness (QED) is 0.356. The number of amides is 1. The highest BCUT2D eigenvalue weighted by atomic mass is 16.6. The molecule has 0 bridgehead atoms. The van der Waals surface area contributed by atoms with Gasteiger partial charge in [-0.05, 0) is 6.07 Å². The first-order valence-corrected chi connectivity index (χ1v) is 9.46. The number of hydrogen-bond acceptors (Lipinski definition) is 9. The standard InChI is InChI=1S/C19H19N5O8/c1-32-19(27)13-10-16(24(30)31)18(26)22(11-13)12-17(25)21-8-6-20(7-9-21)14-4-2-3-5-15(14)23(28)29/h2-5,10-11H,6-9,12H2,1H3. The van der Waals surface area contributed by atoms with E-state index >= 15 is 0 Å². The number of esters is 1. The molecule has 0 spiro atoms. The first kappa shape index (κ1) is 22.4. The largest absolute Gasteiger partial charge is 0.465 e. The Morgan fingerprint density at radius 1 is 1.03 bits per heavy atom. The van der Waals surface area contributed by atoms with Crippen LogP contribution in [0.5, 0.6) is 0 Å². The Morgan fingerprint density at radius 3 is 2.25 bits per heavy atom. The summed E-state index contributed by atoms with van der Waals surface area (Å²) in [5.74, 6) is -1.36. The summed E-state index contributed by atoms with van der Waals surface area (Å²) < 4.78 is 5.35. The number of pyridine rings is 1. The van der Waals surface area contributed by atoms with Gasteiger partial charge in [-0.2, -0.15) is 0 Å². The molecule has 0 unspecified atom stereocenters. The van der Waals surface area contributed by atoms with E-state index in [1.54, 1.807) is 23.1 Å². The van der Waals surface area contributed by atoms with Crippen molar-refractivity contribution in [2.45, 2.75) is 6.54 Å². The van der Waals surface area contributed by atoms with E-state index in [2.05, 4.69) is 4.74 Å². The van der Waals surface area contributed by atoms with Gasteiger partial charge < -0.3 is 14.5 Å². The van der Waals surface area contributed by atoms with Gasteiger partial charge in [0.2, 0.25) is 5.91 Å². The second kappa shape index (κ2) is 9.24. The van der Waals surface area contributed by atoms with Gasteiger partial charge in [0.05, 0.1) is 22.5 Å². The number of nitro groups is 2. The Bertz CT molecular complexity index is 1140. The van der Waals surface area contributed by atoms with Crippen LogP contribution < -0.4 is 10.5 Å². The molecule has 32 heavy (non-hydrogen) atoms. The Labute approximate surface area is 180 Å². The number of aromatic nitrogens is 1. The second-order valence-electron chi connectivity index (χ2n) is 6.91. The molecule has 1 aromatic carbocycles. The van der Waals surface area contributed by atoms with Crippen LogP contribution in [-0.2, 0) is 16.1 Å². The number of benzene rings is 1. The second-order valence-corrected chi connectivity index (χ2v) is 6.91. The van der Waals surface area contributed by atoms with Crippen LogP contribution in [0.15, 0.2) is 41.3 Å². The van der Waals surface area contributed by atoms with Gasteiger partial charge in [-0.15, -0.1) is 0 Å². The predicted octanol–water partition coefficient (Wildman–Crippen LogP) is 0.800. The molecule has 1 aliphatic rings. The molecule has 1 aromatic heterocycles. The molecule has 1 amide bonds. The summed E-state index contributed by atoms with van der Waals surface area (Å²) in [7, 11) is 1.09. The average molecular weight is 445 g/mol. The van der Waals surface area contributed by atoms with E-state index < -0.39 is 39.5 Å². The fraction of sp³-hybridized carbons (Fsp3) is 0.316. The lowest BCUT2D eigenvalue weighted by atomic mass is 10.2. The molecule has 1 saturated heterocycles. The van der Waals surface area contributed by atoms with Gasteiger partial charge in [-0.1, -0.05) is 12.1 Å². The molecule has 1 aliphatic heterocycles. The zero-order valence-corrected chi connectivity index (χ0v) is 17.0. The smallest absolute Gasteiger partial charge is 0.339 e. The molecule has 0 atom stereocenters. The van der Waals surface area contributed by atoms with Crippen molar-refractivity contribution in [2.24, 2.45) is 0 Å². The number of para-hydroxylation sites is 2. The molecular weight excluding hydrogens is 426 g/mol. The maximum atomic E-state index is 12.7. The molecule has 13 nitrogen and oxygen atoms in total. The minimum Gasteiger partial charge on any atom is -0.465 e. The Morgan fingerprint density at radius 2 is 1.66 bits per heavy atom. The number of piperazine rings is 1. The summed E-state index contributed by atoms with van der Waals surface area (Å²) in [6.07, 6.45) is 1.04. The van der Waals surface area contributed by atoms with Gasteiger partial charge in [0, 0.05) is 44.5 Å². The van der Waals surface area contributed by atoms with Crippen LogP contribution in [0.1, 0.15) is 10.4 Å². The Kier molecular flexibility index (Phi) is 6.47. The molecular formula is C19H19N5O8. The summed E-state index contributed by atoms with van der Waals surface area (Å²) in [5.41, 5.74) is -1.68. The summed E-state index contributed by atoms with van der Waals surface area (Å²) in [4.78, 5) is 61.1. The van der Waals surface area contributed by atoms with E-state index in [4.69, 9.17) is 0 Å². The first-order chi connectivity index (χ1) is 15.2. The monoisotopic (exact) mass is 445 g/mol. The Balaban J connectivity index is 1.75. The van der Waals surface area contributed by atoms with Crippen LogP contribution >= 0.6 is 0 Å². The number of anilines is 1. The van der Waals surface area contributed by atoms with E-state index in [1.807, 2.05) is 0 Å². The summed E-state index contributed by atoms with van der Waals surface area (Å²) >= 11 is 0. The number of methoxy groups -OCH3 is 1. The van der Waals surface area contributed by atoms with Crippen LogP contribution in [0.2, 0.25) is 0 Å². The molecule has 3 rings (SSSR count). The highest BCUT2D eigenvalue weighted by molar-refractivity contribution is 5.89. The minimum absolute atomic E-state index is 0.0363. The maximum absolute atomic E-state index is 12.7. The third-order valence-corrected chi connectivity index (χ3v) is 5.04. The van der Waals surface area contributed by atoms with Crippen molar-refractivity contribution >= 4 is 28.9 Å². The zero-order chi connectivity index (χ0) is 23.4. The number of nitrogens with zero attached hydrogens (tertiary/aromatic N) is 5. The molecule has 13 heteroatoms. The van der Waals surface area contributed by atoms with Crippen LogP contribution in [0.25, 0.3) is 0 Å². The Hall–Kier alpha value is -4.29. The van der Waals surface area contributed by atoms with Gasteiger partial charge in [0.15, 0.2) is 0 Å². The zero-order valence-electron chi connectivity index (χ0n) is 17.0. The predicted molar refractivity (Wildman–Crippen MR) is 111 cm³/mol. The van der Waals surface area contributed by atoms with Gasteiger partial charge in [0.1, 0.15) is 12.2 Å². The van der Waals surface area contributed by atoms with Gasteiger partial charge in [-0.25, -0.2) is 4.79 Å². The molecule has 168 valence electrons. The topological polar surface area (TPSA) is 158 Å². The maximum Gasteiger partial charge on any atom is 0.339 e. The summed E-state index contributed by atoms with van der Waals surface area (Å²) in [6.45, 7) is 0.620. The van der Waals surface area contributed by atoms with Gasteiger partial charge >= 0.3 is 17.2 Å². The highest BCUT2D eigenvalue weighted by Crippen LogP contribution is 2.28. The summed E-state index contributed by atoms with van der Waals surface area (Å²) in [6, 6.07) is 7.10. The SMILES string of the molecule is COC(=O)c1cc([N+](=O)[O-])c(=O)n(CC(=O)N2CCN(c3ccccc3[N+](=O)[O-])CC2)c1. The third-order valence-electron chi connectivity index (χ3n) is 5.04. The summed E-state index contributed by atoms with van der Waals surface area (Å²) in [5, 5.41) is 22.4. The van der Waals surface area contributed by atoms with Crippen molar-refractivity contribution in [1.82, 2.24) is 9.47 Å². The number of rotatable bonds is 6. The number of nitro benzene ring substituents is 1. The third kappa shape index (κ3) is 4.55. The minimum atomic E-state index is -1.02. The van der Waals surface area contributed by atoms with Crippen LogP contribution in [0.4, 0.5) is 17.1 Å². The number of carbonyl (C=O) groups is 2. The molecule has 0 saturated carbocycles. The van der Waals surface area contributed by atoms with Crippen LogP contribution in [0.3, 0.4) is 0 Å². The van der Waals surface area contributed by atoms with Crippen molar-refractivity contribution in [3.8, 4) is 0 Å². The van der Waals surface area contributed by atoms with Crippen molar-refractivity contribution in [3.63, 3.8) is 0 Å². The van der Waals surface area contributed by atoms with Gasteiger partial charge in [-0.3, -0.25) is 34.4 Å². The average Bonchev–Trinajstić information content (AvgIpc) is 2.79. The van der Waals surface area contributed by atoms with Crippen LogP contribution in [-0.4, -0.2) is 64.5 Å². The lowest BCUT2D eigenvalue weighted by Gasteiger charge is -2.35. The molecule has 1 fully saturated rings. The van der Waals surface area contributed by atoms with E-state index in [-0.39, 0.29) is 24.3 Å². The normalized spacial score (nSPS) is 13.5. The van der Waals surface area contributed by atoms with E-state index in [9.17, 15) is 34.6 Å². The number of ether oxygens (including phenoxy) is 1. The van der Waals surface area contributed by atoms with E-state index in [0.717, 1.165) is 23.9 Å². The fourth-order valence-electron chi connectivity index (χ4n) is 3.43. The molecule has 0 radical (unpaired) electrons. The lowest BCUT2D eigenvalue weighted by molar-refractivity contribution is -0.386. The van der Waals surface area contributed by atoms with Gasteiger partial charge in [0.25, 0.3) is 5.69 Å². The van der Waals surface area contributed by atoms with Crippen LogP contribution in [0, 0.1) is 20.2 Å². The molecule has 2 aromatic rings. The van der Waals surface area contributed by atoms with E-state index in [0.29, 0.717) is 18.8 Å². The highest BCUT2D eigenvalue weighted by Gasteiger charge is 2.27.